The van der Waals surface area contributed by atoms with E-state index in [1.807, 2.05) is 20.8 Å². The van der Waals surface area contributed by atoms with Crippen LogP contribution in [-0.2, 0) is 33.5 Å². The van der Waals surface area contributed by atoms with Crippen molar-refractivity contribution in [1.29, 1.82) is 5.41 Å². The highest BCUT2D eigenvalue weighted by Crippen LogP contribution is 2.22. The molecule has 304 valence electrons. The molecule has 1 aliphatic heterocycles. The summed E-state index contributed by atoms with van der Waals surface area (Å²) in [6.45, 7) is 12.0. The van der Waals surface area contributed by atoms with E-state index in [0.29, 0.717) is 19.3 Å². The third-order valence-corrected chi connectivity index (χ3v) is 9.98. The second kappa shape index (κ2) is 24.5. The van der Waals surface area contributed by atoms with Crippen molar-refractivity contribution in [2.24, 2.45) is 23.5 Å². The zero-order valence-corrected chi connectivity index (χ0v) is 33.4. The minimum atomic E-state index is -1.52. The molecule has 1 saturated heterocycles. The summed E-state index contributed by atoms with van der Waals surface area (Å²) >= 11 is 0. The first-order valence-electron chi connectivity index (χ1n) is 19.6. The van der Waals surface area contributed by atoms with Gasteiger partial charge < -0.3 is 41.7 Å². The molecule has 53 heavy (non-hydrogen) atoms. The molecule has 0 aromatic rings. The lowest BCUT2D eigenvalue weighted by Crippen LogP contribution is -2.61. The molecule has 0 spiro atoms. The van der Waals surface area contributed by atoms with Crippen molar-refractivity contribution in [3.05, 3.63) is 0 Å². The Kier molecular flexibility index (Phi) is 21.9. The summed E-state index contributed by atoms with van der Waals surface area (Å²) in [7, 11) is 1.53. The second-order valence-electron chi connectivity index (χ2n) is 15.1. The molecule has 1 rings (SSSR count). The zero-order chi connectivity index (χ0) is 40.2. The van der Waals surface area contributed by atoms with Crippen LogP contribution in [-0.4, -0.2) is 101 Å². The third-order valence-electron chi connectivity index (χ3n) is 9.98. The van der Waals surface area contributed by atoms with Gasteiger partial charge in [-0.3, -0.25) is 34.2 Å². The molecule has 0 aromatic heterocycles. The first kappa shape index (κ1) is 47.3. The molecule has 8 atom stereocenters. The number of esters is 1. The predicted octanol–water partition coefficient (Wildman–Crippen LogP) is 2.67. The van der Waals surface area contributed by atoms with Gasteiger partial charge in [0.1, 0.15) is 36.8 Å². The predicted molar refractivity (Wildman–Crippen MR) is 203 cm³/mol. The van der Waals surface area contributed by atoms with Crippen LogP contribution in [0.4, 0.5) is 0 Å². The van der Waals surface area contributed by atoms with Crippen LogP contribution < -0.4 is 27.0 Å². The van der Waals surface area contributed by atoms with Gasteiger partial charge in [-0.25, -0.2) is 0 Å². The van der Waals surface area contributed by atoms with Gasteiger partial charge in [0.25, 0.3) is 0 Å². The van der Waals surface area contributed by atoms with Crippen LogP contribution in [0.25, 0.3) is 0 Å². The van der Waals surface area contributed by atoms with Crippen LogP contribution in [0.2, 0.25) is 0 Å². The van der Waals surface area contributed by atoms with Gasteiger partial charge in [-0.1, -0.05) is 92.9 Å². The molecular weight excluding hydrogens is 682 g/mol. The van der Waals surface area contributed by atoms with Crippen molar-refractivity contribution in [2.45, 2.75) is 168 Å². The molecule has 0 bridgehead atoms. The van der Waals surface area contributed by atoms with Gasteiger partial charge in [0, 0.05) is 13.5 Å². The summed E-state index contributed by atoms with van der Waals surface area (Å²) in [5.41, 5.74) is 5.56. The van der Waals surface area contributed by atoms with Gasteiger partial charge in [0.05, 0.1) is 17.9 Å². The molecule has 0 radical (unpaired) electrons. The number of amidine groups is 1. The normalized spacial score (nSPS) is 25.6. The van der Waals surface area contributed by atoms with Gasteiger partial charge in [0.15, 0.2) is 0 Å². The molecule has 5 amide bonds. The lowest BCUT2D eigenvalue weighted by molar-refractivity contribution is -0.157. The second-order valence-corrected chi connectivity index (χ2v) is 15.1. The number of aliphatic hydroxyl groups is 1. The summed E-state index contributed by atoms with van der Waals surface area (Å²) in [5, 5.41) is 28.5. The number of carbonyl (C=O) groups excluding carboxylic acids is 6. The molecular formula is C38H69N7O8. The quantitative estimate of drug-likeness (QED) is 0.0500. The van der Waals surface area contributed by atoms with Gasteiger partial charge in [-0.2, -0.15) is 0 Å². The number of likely N-dealkylation sites (N-methyl/N-ethyl adjacent to an activating group) is 1. The van der Waals surface area contributed by atoms with Crippen molar-refractivity contribution in [3.8, 4) is 0 Å². The minimum Gasteiger partial charge on any atom is -0.460 e. The minimum absolute atomic E-state index is 0.00938. The summed E-state index contributed by atoms with van der Waals surface area (Å²) in [6.07, 6.45) is 7.11. The maximum Gasteiger partial charge on any atom is 0.325 e. The van der Waals surface area contributed by atoms with Crippen LogP contribution >= 0.6 is 0 Å². The number of nitrogens with zero attached hydrogens (tertiary/aromatic N) is 1. The number of ether oxygens (including phenoxy) is 1. The highest BCUT2D eigenvalue weighted by atomic mass is 16.5. The fraction of sp³-hybridized carbons (Fsp3) is 0.816. The largest absolute Gasteiger partial charge is 0.460 e. The van der Waals surface area contributed by atoms with Crippen LogP contribution in [0, 0.1) is 23.2 Å². The van der Waals surface area contributed by atoms with E-state index in [2.05, 4.69) is 28.2 Å². The zero-order valence-electron chi connectivity index (χ0n) is 33.4. The Morgan fingerprint density at radius 2 is 1.43 bits per heavy atom. The van der Waals surface area contributed by atoms with Gasteiger partial charge >= 0.3 is 5.97 Å². The molecule has 15 heteroatoms. The van der Waals surface area contributed by atoms with Crippen molar-refractivity contribution in [3.63, 3.8) is 0 Å². The van der Waals surface area contributed by atoms with Crippen LogP contribution in [0.5, 0.6) is 0 Å². The van der Waals surface area contributed by atoms with E-state index in [-0.39, 0.29) is 31.0 Å². The molecule has 0 unspecified atom stereocenters. The summed E-state index contributed by atoms with van der Waals surface area (Å²) < 4.78 is 5.83. The van der Waals surface area contributed by atoms with Crippen molar-refractivity contribution in [1.82, 2.24) is 26.2 Å². The number of rotatable bonds is 17. The Hall–Kier alpha value is -3.75. The smallest absolute Gasteiger partial charge is 0.325 e. The highest BCUT2D eigenvalue weighted by Gasteiger charge is 2.38. The summed E-state index contributed by atoms with van der Waals surface area (Å²) in [5.74, 6) is -5.64. The van der Waals surface area contributed by atoms with E-state index in [0.717, 1.165) is 25.7 Å². The first-order chi connectivity index (χ1) is 24.9. The molecule has 1 aliphatic rings. The highest BCUT2D eigenvalue weighted by molar-refractivity contribution is 5.96. The number of amides is 5. The maximum absolute atomic E-state index is 14.1. The molecule has 0 aromatic carbocycles. The Labute approximate surface area is 316 Å². The Balaban J connectivity index is 3.59. The Morgan fingerprint density at radius 3 is 1.98 bits per heavy atom. The van der Waals surface area contributed by atoms with E-state index >= 15 is 0 Å². The topological polar surface area (TPSA) is 233 Å². The number of nitrogens with one attached hydrogen (secondary N) is 5. The molecule has 0 aliphatic carbocycles. The molecule has 8 N–H and O–H groups in total. The maximum atomic E-state index is 14.1. The molecule has 1 heterocycles. The fourth-order valence-electron chi connectivity index (χ4n) is 6.33. The van der Waals surface area contributed by atoms with E-state index in [1.165, 1.54) is 38.1 Å². The average Bonchev–Trinajstić information content (AvgIpc) is 3.10. The van der Waals surface area contributed by atoms with E-state index < -0.39 is 90.3 Å². The number of hydrogen-bond acceptors (Lipinski definition) is 9. The summed E-state index contributed by atoms with van der Waals surface area (Å²) in [6, 6.07) is -4.89. The van der Waals surface area contributed by atoms with Crippen LogP contribution in [0.15, 0.2) is 0 Å². The monoisotopic (exact) mass is 752 g/mol. The fourth-order valence-corrected chi connectivity index (χ4v) is 6.33. The van der Waals surface area contributed by atoms with Crippen molar-refractivity contribution in [2.75, 3.05) is 13.6 Å². The first-order valence-corrected chi connectivity index (χ1v) is 19.6. The number of carbonyl (C=O) groups is 6. The van der Waals surface area contributed by atoms with E-state index in [4.69, 9.17) is 15.9 Å². The van der Waals surface area contributed by atoms with Crippen LogP contribution in [0.3, 0.4) is 0 Å². The lowest BCUT2D eigenvalue weighted by atomic mass is 9.94. The number of cyclic esters (lactones) is 1. The van der Waals surface area contributed by atoms with Crippen LogP contribution in [0.1, 0.15) is 132 Å². The SMILES string of the molecule is CCCCCCCCCC[C@H]1OC(=O)CNC(=O)[C@H]([C@H](C)O)NC(=O)[C@H](CCC(=N)N)NC(=O)[C@H]([C@@H](C)CC)NC(=O)[C@H](CC(C)C)N(C)C(=O)[C@@H]1C. The number of nitrogens with two attached hydrogens (primary N) is 1. The number of hydrogen-bond donors (Lipinski definition) is 7. The average molecular weight is 752 g/mol. The van der Waals surface area contributed by atoms with Gasteiger partial charge in [0.2, 0.25) is 29.5 Å². The third kappa shape index (κ3) is 16.9. The van der Waals surface area contributed by atoms with Crippen molar-refractivity contribution >= 4 is 41.3 Å². The Bertz CT molecular complexity index is 1210. The summed E-state index contributed by atoms with van der Waals surface area (Å²) in [4.78, 5) is 83.2. The van der Waals surface area contributed by atoms with Crippen molar-refractivity contribution < 1.29 is 38.6 Å². The molecule has 1 fully saturated rings. The number of aliphatic hydroxyl groups excluding tert-OH is 1. The lowest BCUT2D eigenvalue weighted by Gasteiger charge is -2.34. The van der Waals surface area contributed by atoms with E-state index in [1.54, 1.807) is 13.8 Å². The van der Waals surface area contributed by atoms with E-state index in [9.17, 15) is 33.9 Å². The molecule has 15 nitrogen and oxygen atoms in total. The number of unbranched alkanes of at least 4 members (excludes halogenated alkanes) is 7. The van der Waals surface area contributed by atoms with Gasteiger partial charge in [-0.05, 0) is 44.4 Å². The standard InChI is InChI=1S/C38H69N7O8/c1-9-11-12-13-14-15-16-17-18-29-25(6)38(52)45(8)28(21-23(3)4)35(49)43-32(24(5)10-2)37(51)42-27(19-20-30(39)40)34(48)44-33(26(7)46)36(50)41-22-31(47)53-29/h23-29,32-33,46H,9-22H2,1-8H3,(H3,39,40)(H,41,50)(H,42,51)(H,43,49)(H,44,48)/t24-,25+,26-,27-,28-,29+,32-,33-/m0/s1. The van der Waals surface area contributed by atoms with Gasteiger partial charge in [-0.15, -0.1) is 0 Å². The Morgan fingerprint density at radius 1 is 0.849 bits per heavy atom. The molecule has 0 saturated carbocycles.